The number of rotatable bonds is 7. The van der Waals surface area contributed by atoms with Crippen molar-refractivity contribution in [2.24, 2.45) is 5.92 Å². The highest BCUT2D eigenvalue weighted by Gasteiger charge is 2.29. The summed E-state index contributed by atoms with van der Waals surface area (Å²) in [6.07, 6.45) is 3.05. The largest absolute Gasteiger partial charge is 0.393 e. The number of benzene rings is 2. The maximum absolute atomic E-state index is 11.9. The topological polar surface area (TPSA) is 49.3 Å². The van der Waals surface area contributed by atoms with Crippen LogP contribution >= 0.6 is 0 Å². The first kappa shape index (κ1) is 15.8. The van der Waals surface area contributed by atoms with Crippen molar-refractivity contribution in [3.05, 3.63) is 60.2 Å². The Labute approximate surface area is 137 Å². The Kier molecular flexibility index (Phi) is 5.09. The lowest BCUT2D eigenvalue weighted by atomic mass is 10.0. The van der Waals surface area contributed by atoms with Crippen LogP contribution in [0.4, 0.5) is 0 Å². The molecule has 0 spiro atoms. The lowest BCUT2D eigenvalue weighted by Gasteiger charge is -2.10. The third-order valence-electron chi connectivity index (χ3n) is 4.35. The van der Waals surface area contributed by atoms with Crippen LogP contribution in [0.1, 0.15) is 24.8 Å². The summed E-state index contributed by atoms with van der Waals surface area (Å²) in [5, 5.41) is 12.7. The Morgan fingerprint density at radius 2 is 1.70 bits per heavy atom. The van der Waals surface area contributed by atoms with Crippen molar-refractivity contribution in [1.82, 2.24) is 5.32 Å². The number of carbonyl (C=O) groups is 1. The standard InChI is InChI=1S/C20H23NO2/c22-19(18-10-11-18)12-13-21-20(23)14-15-6-8-17(9-7-15)16-4-2-1-3-5-16/h1-9,18-19,22H,10-14H2,(H,21,23)/t19-/m0/s1. The van der Waals surface area contributed by atoms with Gasteiger partial charge in [-0.25, -0.2) is 0 Å². The summed E-state index contributed by atoms with van der Waals surface area (Å²) in [5.41, 5.74) is 3.34. The van der Waals surface area contributed by atoms with Crippen molar-refractivity contribution in [2.75, 3.05) is 6.54 Å². The van der Waals surface area contributed by atoms with Gasteiger partial charge in [-0.1, -0.05) is 54.6 Å². The molecule has 3 nitrogen and oxygen atoms in total. The van der Waals surface area contributed by atoms with Gasteiger partial charge in [0, 0.05) is 6.54 Å². The maximum atomic E-state index is 11.9. The minimum absolute atomic E-state index is 0.0143. The quantitative estimate of drug-likeness (QED) is 0.825. The Bertz CT molecular complexity index is 632. The van der Waals surface area contributed by atoms with Gasteiger partial charge in [0.15, 0.2) is 0 Å². The van der Waals surface area contributed by atoms with Crippen molar-refractivity contribution < 1.29 is 9.90 Å². The van der Waals surface area contributed by atoms with E-state index in [9.17, 15) is 9.90 Å². The molecule has 2 N–H and O–H groups in total. The van der Waals surface area contributed by atoms with Gasteiger partial charge in [0.05, 0.1) is 12.5 Å². The third-order valence-corrected chi connectivity index (χ3v) is 4.35. The molecule has 2 aromatic rings. The molecule has 0 aromatic heterocycles. The summed E-state index contributed by atoms with van der Waals surface area (Å²) in [5.74, 6) is 0.484. The van der Waals surface area contributed by atoms with Crippen LogP contribution < -0.4 is 5.32 Å². The molecular formula is C20H23NO2. The van der Waals surface area contributed by atoms with Gasteiger partial charge in [0.2, 0.25) is 5.91 Å². The molecule has 1 atom stereocenters. The first-order chi connectivity index (χ1) is 11.2. The average Bonchev–Trinajstić information content (AvgIpc) is 3.41. The van der Waals surface area contributed by atoms with E-state index in [2.05, 4.69) is 29.6 Å². The maximum Gasteiger partial charge on any atom is 0.224 e. The van der Waals surface area contributed by atoms with Gasteiger partial charge >= 0.3 is 0 Å². The molecule has 1 fully saturated rings. The van der Waals surface area contributed by atoms with Crippen molar-refractivity contribution in [3.8, 4) is 11.1 Å². The molecule has 0 aliphatic heterocycles. The van der Waals surface area contributed by atoms with E-state index in [1.807, 2.05) is 30.3 Å². The Hall–Kier alpha value is -2.13. The van der Waals surface area contributed by atoms with Crippen LogP contribution in [0, 0.1) is 5.92 Å². The fraction of sp³-hybridized carbons (Fsp3) is 0.350. The number of aliphatic hydroxyl groups excluding tert-OH is 1. The normalized spacial score (nSPS) is 15.2. The zero-order valence-electron chi connectivity index (χ0n) is 13.2. The van der Waals surface area contributed by atoms with Gasteiger partial charge in [0.1, 0.15) is 0 Å². The molecule has 0 heterocycles. The van der Waals surface area contributed by atoms with E-state index in [1.54, 1.807) is 0 Å². The van der Waals surface area contributed by atoms with Crippen LogP contribution in [0.25, 0.3) is 11.1 Å². The van der Waals surface area contributed by atoms with Gasteiger partial charge in [0.25, 0.3) is 0 Å². The van der Waals surface area contributed by atoms with Crippen LogP contribution in [0.2, 0.25) is 0 Å². The number of aliphatic hydroxyl groups is 1. The molecule has 1 aliphatic carbocycles. The smallest absolute Gasteiger partial charge is 0.224 e. The summed E-state index contributed by atoms with van der Waals surface area (Å²) in [6, 6.07) is 18.3. The summed E-state index contributed by atoms with van der Waals surface area (Å²) in [7, 11) is 0. The monoisotopic (exact) mass is 309 g/mol. The van der Waals surface area contributed by atoms with Crippen molar-refractivity contribution in [2.45, 2.75) is 31.8 Å². The molecule has 0 radical (unpaired) electrons. The van der Waals surface area contributed by atoms with Gasteiger partial charge in [-0.2, -0.15) is 0 Å². The lowest BCUT2D eigenvalue weighted by Crippen LogP contribution is -2.28. The zero-order chi connectivity index (χ0) is 16.1. The summed E-state index contributed by atoms with van der Waals surface area (Å²) in [6.45, 7) is 0.554. The number of nitrogens with one attached hydrogen (secondary N) is 1. The first-order valence-electron chi connectivity index (χ1n) is 8.31. The molecule has 3 rings (SSSR count). The average molecular weight is 309 g/mol. The van der Waals surface area contributed by atoms with E-state index >= 15 is 0 Å². The number of carbonyl (C=O) groups excluding carboxylic acids is 1. The number of hydrogen-bond donors (Lipinski definition) is 2. The van der Waals surface area contributed by atoms with Crippen LogP contribution in [-0.2, 0) is 11.2 Å². The van der Waals surface area contributed by atoms with Gasteiger partial charge < -0.3 is 10.4 Å². The van der Waals surface area contributed by atoms with E-state index in [0.717, 1.165) is 24.0 Å². The molecule has 120 valence electrons. The second kappa shape index (κ2) is 7.42. The highest BCUT2D eigenvalue weighted by atomic mass is 16.3. The highest BCUT2D eigenvalue weighted by molar-refractivity contribution is 5.78. The lowest BCUT2D eigenvalue weighted by molar-refractivity contribution is -0.120. The van der Waals surface area contributed by atoms with Crippen LogP contribution in [0.5, 0.6) is 0 Å². The molecule has 1 aliphatic rings. The third kappa shape index (κ3) is 4.67. The Morgan fingerprint density at radius 3 is 2.35 bits per heavy atom. The minimum atomic E-state index is -0.250. The van der Waals surface area contributed by atoms with Crippen molar-refractivity contribution in [3.63, 3.8) is 0 Å². The molecule has 0 bridgehead atoms. The molecule has 2 aromatic carbocycles. The van der Waals surface area contributed by atoms with Gasteiger partial charge in [-0.3, -0.25) is 4.79 Å². The summed E-state index contributed by atoms with van der Waals surface area (Å²) >= 11 is 0. The SMILES string of the molecule is O=C(Cc1ccc(-c2ccccc2)cc1)NCC[C@H](O)C1CC1. The fourth-order valence-corrected chi connectivity index (χ4v) is 2.77. The second-order valence-electron chi connectivity index (χ2n) is 6.28. The second-order valence-corrected chi connectivity index (χ2v) is 6.28. The van der Waals surface area contributed by atoms with E-state index in [4.69, 9.17) is 0 Å². The summed E-state index contributed by atoms with van der Waals surface area (Å²) in [4.78, 5) is 11.9. The Morgan fingerprint density at radius 1 is 1.04 bits per heavy atom. The molecular weight excluding hydrogens is 286 g/mol. The van der Waals surface area contributed by atoms with E-state index in [1.165, 1.54) is 5.56 Å². The number of hydrogen-bond acceptors (Lipinski definition) is 2. The van der Waals surface area contributed by atoms with Crippen LogP contribution in [0.3, 0.4) is 0 Å². The van der Waals surface area contributed by atoms with Crippen LogP contribution in [-0.4, -0.2) is 23.7 Å². The molecule has 23 heavy (non-hydrogen) atoms. The predicted octanol–water partition coefficient (Wildman–Crippen LogP) is 3.17. The molecule has 1 saturated carbocycles. The zero-order valence-corrected chi connectivity index (χ0v) is 13.2. The van der Waals surface area contributed by atoms with Gasteiger partial charge in [-0.15, -0.1) is 0 Å². The van der Waals surface area contributed by atoms with Gasteiger partial charge in [-0.05, 0) is 41.9 Å². The van der Waals surface area contributed by atoms with E-state index < -0.39 is 0 Å². The van der Waals surface area contributed by atoms with Crippen molar-refractivity contribution >= 4 is 5.91 Å². The minimum Gasteiger partial charge on any atom is -0.393 e. The molecule has 0 unspecified atom stereocenters. The van der Waals surface area contributed by atoms with Crippen molar-refractivity contribution in [1.29, 1.82) is 0 Å². The number of amides is 1. The predicted molar refractivity (Wildman–Crippen MR) is 91.9 cm³/mol. The Balaban J connectivity index is 1.46. The summed E-state index contributed by atoms with van der Waals surface area (Å²) < 4.78 is 0. The molecule has 3 heteroatoms. The molecule has 0 saturated heterocycles. The fourth-order valence-electron chi connectivity index (χ4n) is 2.77. The highest BCUT2D eigenvalue weighted by Crippen LogP contribution is 2.33. The first-order valence-corrected chi connectivity index (χ1v) is 8.31. The van der Waals surface area contributed by atoms with E-state index in [-0.39, 0.29) is 12.0 Å². The molecule has 1 amide bonds. The van der Waals surface area contributed by atoms with Crippen LogP contribution in [0.15, 0.2) is 54.6 Å². The van der Waals surface area contributed by atoms with E-state index in [0.29, 0.717) is 25.3 Å².